The van der Waals surface area contributed by atoms with Crippen LogP contribution in [0.2, 0.25) is 0 Å². The predicted octanol–water partition coefficient (Wildman–Crippen LogP) is 7.92. The summed E-state index contributed by atoms with van der Waals surface area (Å²) in [7, 11) is 1.57. The molecule has 0 atom stereocenters. The first-order valence-corrected chi connectivity index (χ1v) is 14.2. The highest BCUT2D eigenvalue weighted by Crippen LogP contribution is 2.43. The minimum atomic E-state index is -1.17. The van der Waals surface area contributed by atoms with Crippen molar-refractivity contribution in [2.75, 3.05) is 17.7 Å². The number of nitrogens with one attached hydrogen (secondary N) is 2. The maximum atomic E-state index is 11.2. The number of hydrogen-bond donors (Lipinski definition) is 3. The molecule has 0 aliphatic heterocycles. The van der Waals surface area contributed by atoms with Gasteiger partial charge >= 0.3 is 6.09 Å². The van der Waals surface area contributed by atoms with Gasteiger partial charge in [0, 0.05) is 10.9 Å². The molecule has 0 saturated carbocycles. The molecule has 2 heterocycles. The lowest BCUT2D eigenvalue weighted by Gasteiger charge is -2.36. The molecule has 0 spiro atoms. The number of amides is 1. The van der Waals surface area contributed by atoms with Gasteiger partial charge in [0.05, 0.1) is 17.5 Å². The molecule has 0 unspecified atom stereocenters. The van der Waals surface area contributed by atoms with Crippen molar-refractivity contribution in [2.24, 2.45) is 0 Å². The van der Waals surface area contributed by atoms with Crippen molar-refractivity contribution in [3.8, 4) is 17.0 Å². The summed E-state index contributed by atoms with van der Waals surface area (Å²) < 4.78 is 6.29. The fraction of sp³-hybridized carbons (Fsp3) is 0.0645. The van der Waals surface area contributed by atoms with Gasteiger partial charge in [-0.05, 0) is 28.8 Å². The number of hydrogen-bond acceptors (Lipinski definition) is 7. The van der Waals surface area contributed by atoms with Gasteiger partial charge in [0.2, 0.25) is 0 Å². The molecule has 0 aliphatic rings. The summed E-state index contributed by atoms with van der Waals surface area (Å²) in [6.45, 7) is 0. The maximum Gasteiger partial charge on any atom is 0.410 e. The highest BCUT2D eigenvalue weighted by molar-refractivity contribution is 7.23. The number of fused-ring (bicyclic) bond motifs is 1. The minimum Gasteiger partial charge on any atom is -0.494 e. The van der Waals surface area contributed by atoms with E-state index in [1.54, 1.807) is 7.11 Å². The number of carbonyl (C=O) groups is 1. The van der Waals surface area contributed by atoms with Crippen LogP contribution >= 0.6 is 22.7 Å². The van der Waals surface area contributed by atoms with Crippen LogP contribution in [0.25, 0.3) is 21.5 Å². The molecule has 198 valence electrons. The van der Waals surface area contributed by atoms with Crippen LogP contribution in [0.5, 0.6) is 5.75 Å². The summed E-state index contributed by atoms with van der Waals surface area (Å²) in [6, 6.07) is 34.9. The van der Waals surface area contributed by atoms with Crippen LogP contribution in [-0.2, 0) is 5.54 Å². The van der Waals surface area contributed by atoms with E-state index in [9.17, 15) is 9.90 Å². The smallest absolute Gasteiger partial charge is 0.410 e. The Morgan fingerprint density at radius 3 is 1.90 bits per heavy atom. The fourth-order valence-electron chi connectivity index (χ4n) is 4.89. The van der Waals surface area contributed by atoms with Crippen LogP contribution in [0.4, 0.5) is 15.1 Å². The van der Waals surface area contributed by atoms with Gasteiger partial charge in [-0.15, -0.1) is 11.3 Å². The van der Waals surface area contributed by atoms with Gasteiger partial charge < -0.3 is 15.2 Å². The minimum absolute atomic E-state index is 0.276. The van der Waals surface area contributed by atoms with Gasteiger partial charge in [-0.25, -0.2) is 14.8 Å². The van der Waals surface area contributed by atoms with E-state index in [-0.39, 0.29) is 5.13 Å². The van der Waals surface area contributed by atoms with Gasteiger partial charge in [-0.1, -0.05) is 102 Å². The molecule has 0 bridgehead atoms. The number of aromatic nitrogens is 2. The number of benzene rings is 4. The number of ether oxygens (including phenoxy) is 1. The Morgan fingerprint density at radius 2 is 1.38 bits per heavy atom. The Labute approximate surface area is 238 Å². The first-order valence-electron chi connectivity index (χ1n) is 12.5. The molecule has 2 aromatic heterocycles. The molecule has 0 radical (unpaired) electrons. The molecule has 0 aliphatic carbocycles. The second-order valence-electron chi connectivity index (χ2n) is 8.95. The third kappa shape index (κ3) is 4.66. The summed E-state index contributed by atoms with van der Waals surface area (Å²) in [4.78, 5) is 20.7. The van der Waals surface area contributed by atoms with Crippen molar-refractivity contribution in [3.63, 3.8) is 0 Å². The predicted molar refractivity (Wildman–Crippen MR) is 162 cm³/mol. The summed E-state index contributed by atoms with van der Waals surface area (Å²) >= 11 is 2.76. The average molecular weight is 565 g/mol. The van der Waals surface area contributed by atoms with Gasteiger partial charge in [-0.2, -0.15) is 0 Å². The Bertz CT molecular complexity index is 1670. The van der Waals surface area contributed by atoms with Gasteiger partial charge in [0.1, 0.15) is 16.8 Å². The van der Waals surface area contributed by atoms with Crippen molar-refractivity contribution in [3.05, 3.63) is 125 Å². The third-order valence-electron chi connectivity index (χ3n) is 6.64. The zero-order valence-corrected chi connectivity index (χ0v) is 23.0. The van der Waals surface area contributed by atoms with E-state index < -0.39 is 11.6 Å². The van der Waals surface area contributed by atoms with Crippen molar-refractivity contribution >= 4 is 49.2 Å². The molecule has 9 heteroatoms. The van der Waals surface area contributed by atoms with Gasteiger partial charge in [0.25, 0.3) is 0 Å². The molecule has 4 aromatic carbocycles. The van der Waals surface area contributed by atoms with E-state index in [4.69, 9.17) is 9.72 Å². The van der Waals surface area contributed by atoms with E-state index in [1.807, 2.05) is 72.1 Å². The SMILES string of the molecule is COc1ccc(-c2csc(NC(c3ccccc3)(c3ccccc3)c3ccccc3)n2)c2sc(NC(=O)O)nc12. The second kappa shape index (κ2) is 10.8. The number of nitrogens with zero attached hydrogens (tertiary/aromatic N) is 2. The molecular weight excluding hydrogens is 541 g/mol. The summed E-state index contributed by atoms with van der Waals surface area (Å²) in [6.07, 6.45) is -1.17. The Morgan fingerprint density at radius 1 is 0.800 bits per heavy atom. The van der Waals surface area contributed by atoms with Crippen molar-refractivity contribution < 1.29 is 14.6 Å². The number of anilines is 2. The van der Waals surface area contributed by atoms with E-state index in [1.165, 1.54) is 22.7 Å². The Hall–Kier alpha value is -4.73. The van der Waals surface area contributed by atoms with Crippen molar-refractivity contribution in [1.82, 2.24) is 9.97 Å². The van der Waals surface area contributed by atoms with Crippen LogP contribution in [0.15, 0.2) is 109 Å². The molecule has 6 aromatic rings. The Balaban J connectivity index is 1.48. The highest BCUT2D eigenvalue weighted by atomic mass is 32.1. The lowest BCUT2D eigenvalue weighted by atomic mass is 9.77. The first kappa shape index (κ1) is 25.5. The quantitative estimate of drug-likeness (QED) is 0.163. The molecule has 40 heavy (non-hydrogen) atoms. The largest absolute Gasteiger partial charge is 0.494 e. The maximum absolute atomic E-state index is 11.2. The van der Waals surface area contributed by atoms with Crippen LogP contribution in [0, 0.1) is 0 Å². The summed E-state index contributed by atoms with van der Waals surface area (Å²) in [5.74, 6) is 0.568. The second-order valence-corrected chi connectivity index (χ2v) is 10.8. The number of carboxylic acid groups (broad SMARTS) is 1. The monoisotopic (exact) mass is 564 g/mol. The van der Waals surface area contributed by atoms with Crippen molar-refractivity contribution in [1.29, 1.82) is 0 Å². The van der Waals surface area contributed by atoms with E-state index in [0.717, 1.165) is 37.8 Å². The zero-order chi connectivity index (χ0) is 27.5. The normalized spacial score (nSPS) is 11.3. The third-order valence-corrected chi connectivity index (χ3v) is 8.40. The molecule has 0 saturated heterocycles. The number of methoxy groups -OCH3 is 1. The van der Waals surface area contributed by atoms with Crippen molar-refractivity contribution in [2.45, 2.75) is 5.54 Å². The lowest BCUT2D eigenvalue weighted by Crippen LogP contribution is -2.38. The van der Waals surface area contributed by atoms with E-state index in [0.29, 0.717) is 11.3 Å². The summed E-state index contributed by atoms with van der Waals surface area (Å²) in [5, 5.41) is 18.4. The molecule has 1 amide bonds. The van der Waals surface area contributed by atoms with E-state index >= 15 is 0 Å². The molecule has 3 N–H and O–H groups in total. The van der Waals surface area contributed by atoms with E-state index in [2.05, 4.69) is 52.0 Å². The number of thiazole rings is 2. The van der Waals surface area contributed by atoms with Gasteiger partial charge in [-0.3, -0.25) is 5.32 Å². The molecule has 0 fully saturated rings. The molecule has 6 rings (SSSR count). The average Bonchev–Trinajstić information content (AvgIpc) is 3.63. The highest BCUT2D eigenvalue weighted by Gasteiger charge is 2.37. The molecule has 7 nitrogen and oxygen atoms in total. The zero-order valence-electron chi connectivity index (χ0n) is 21.4. The standard InChI is InChI=1S/C31H24N4O3S2/c1-38-25-18-17-23(27-26(25)33-28(40-27)34-30(36)37)24-19-39-29(32-24)35-31(20-11-5-2-6-12-20,21-13-7-3-8-14-21)22-15-9-4-10-16-22/h2-19H,1H3,(H,32,35)(H,33,34)(H,36,37). The van der Waals surface area contributed by atoms with Crippen LogP contribution in [0.1, 0.15) is 16.7 Å². The van der Waals surface area contributed by atoms with Crippen LogP contribution < -0.4 is 15.4 Å². The number of rotatable bonds is 8. The fourth-order valence-corrected chi connectivity index (χ4v) is 6.65. The van der Waals surface area contributed by atoms with Crippen LogP contribution in [-0.4, -0.2) is 28.3 Å². The topological polar surface area (TPSA) is 96.4 Å². The first-order chi connectivity index (χ1) is 19.6. The van der Waals surface area contributed by atoms with Gasteiger partial charge in [0.15, 0.2) is 10.3 Å². The summed E-state index contributed by atoms with van der Waals surface area (Å²) in [5.41, 5.74) is 4.75. The van der Waals surface area contributed by atoms with Crippen LogP contribution in [0.3, 0.4) is 0 Å². The lowest BCUT2D eigenvalue weighted by molar-refractivity contribution is 0.209. The molecular formula is C31H24N4O3S2. The Kier molecular flexibility index (Phi) is 6.90.